The lowest BCUT2D eigenvalue weighted by Crippen LogP contribution is -2.35. The highest BCUT2D eigenvalue weighted by Crippen LogP contribution is 2.30. The van der Waals surface area contributed by atoms with E-state index in [2.05, 4.69) is 5.32 Å². The number of hydrogen-bond acceptors (Lipinski definition) is 3. The van der Waals surface area contributed by atoms with Crippen LogP contribution in [-0.2, 0) is 9.53 Å². The quantitative estimate of drug-likeness (QED) is 0.795. The second-order valence-electron chi connectivity index (χ2n) is 5.60. The van der Waals surface area contributed by atoms with Crippen molar-refractivity contribution >= 4 is 12.1 Å². The van der Waals surface area contributed by atoms with Crippen LogP contribution in [0.25, 0.3) is 0 Å². The fourth-order valence-electron chi connectivity index (χ4n) is 2.03. The molecule has 0 aromatic carbocycles. The molecule has 2 N–H and O–H groups in total. The molecule has 98 valence electrons. The second kappa shape index (κ2) is 5.38. The molecule has 0 aromatic rings. The average Bonchev–Trinajstić information content (AvgIpc) is 2.60. The molecule has 0 aromatic heterocycles. The summed E-state index contributed by atoms with van der Waals surface area (Å²) in [4.78, 5) is 22.1. The Morgan fingerprint density at radius 2 is 2.00 bits per heavy atom. The number of nitrogens with one attached hydrogen (secondary N) is 1. The van der Waals surface area contributed by atoms with Crippen molar-refractivity contribution in [1.29, 1.82) is 0 Å². The van der Waals surface area contributed by atoms with Gasteiger partial charge in [-0.05, 0) is 46.0 Å². The monoisotopic (exact) mass is 243 g/mol. The molecule has 0 heterocycles. The van der Waals surface area contributed by atoms with Crippen LogP contribution in [0.4, 0.5) is 4.79 Å². The Labute approximate surface area is 102 Å². The van der Waals surface area contributed by atoms with Crippen molar-refractivity contribution < 1.29 is 19.4 Å². The topological polar surface area (TPSA) is 75.6 Å². The maximum absolute atomic E-state index is 11.4. The van der Waals surface area contributed by atoms with E-state index in [-0.39, 0.29) is 11.8 Å². The van der Waals surface area contributed by atoms with Crippen LogP contribution in [0.15, 0.2) is 0 Å². The van der Waals surface area contributed by atoms with Gasteiger partial charge in [-0.1, -0.05) is 0 Å². The minimum Gasteiger partial charge on any atom is -0.481 e. The number of aliphatic carboxylic acids is 1. The van der Waals surface area contributed by atoms with E-state index < -0.39 is 17.7 Å². The molecule has 17 heavy (non-hydrogen) atoms. The smallest absolute Gasteiger partial charge is 0.407 e. The van der Waals surface area contributed by atoms with E-state index in [1.54, 1.807) is 0 Å². The molecule has 1 amide bonds. The van der Waals surface area contributed by atoms with Crippen LogP contribution in [-0.4, -0.2) is 29.3 Å². The number of rotatable bonds is 3. The van der Waals surface area contributed by atoms with Gasteiger partial charge in [0.25, 0.3) is 0 Å². The predicted molar refractivity (Wildman–Crippen MR) is 62.7 cm³/mol. The summed E-state index contributed by atoms with van der Waals surface area (Å²) in [6, 6.07) is 0. The molecule has 0 unspecified atom stereocenters. The molecule has 0 bridgehead atoms. The van der Waals surface area contributed by atoms with Crippen molar-refractivity contribution in [3.8, 4) is 0 Å². The van der Waals surface area contributed by atoms with Crippen molar-refractivity contribution in [3.63, 3.8) is 0 Å². The van der Waals surface area contributed by atoms with E-state index >= 15 is 0 Å². The highest BCUT2D eigenvalue weighted by molar-refractivity contribution is 5.70. The van der Waals surface area contributed by atoms with E-state index in [1.807, 2.05) is 20.8 Å². The summed E-state index contributed by atoms with van der Waals surface area (Å²) < 4.78 is 5.11. The Bertz CT molecular complexity index is 295. The molecule has 0 aliphatic heterocycles. The Morgan fingerprint density at radius 3 is 2.47 bits per heavy atom. The zero-order valence-corrected chi connectivity index (χ0v) is 10.7. The van der Waals surface area contributed by atoms with Crippen molar-refractivity contribution in [3.05, 3.63) is 0 Å². The van der Waals surface area contributed by atoms with Gasteiger partial charge in [-0.25, -0.2) is 4.79 Å². The number of amides is 1. The zero-order valence-electron chi connectivity index (χ0n) is 10.7. The van der Waals surface area contributed by atoms with Crippen LogP contribution in [0.5, 0.6) is 0 Å². The first-order valence-electron chi connectivity index (χ1n) is 5.97. The predicted octanol–water partition coefficient (Wildman–Crippen LogP) is 2.01. The molecule has 1 aliphatic rings. The lowest BCUT2D eigenvalue weighted by atomic mass is 10.1. The van der Waals surface area contributed by atoms with Gasteiger partial charge < -0.3 is 15.2 Å². The maximum Gasteiger partial charge on any atom is 0.407 e. The molecular weight excluding hydrogens is 222 g/mol. The number of alkyl carbamates (subject to hydrolysis) is 1. The molecule has 5 heteroatoms. The molecule has 1 saturated carbocycles. The first kappa shape index (κ1) is 13.8. The summed E-state index contributed by atoms with van der Waals surface area (Å²) in [6.45, 7) is 5.92. The lowest BCUT2D eigenvalue weighted by molar-refractivity contribution is -0.141. The molecule has 2 atom stereocenters. The van der Waals surface area contributed by atoms with E-state index in [0.29, 0.717) is 19.4 Å². The fraction of sp³-hybridized carbons (Fsp3) is 0.833. The molecule has 0 spiro atoms. The van der Waals surface area contributed by atoms with Gasteiger partial charge >= 0.3 is 12.1 Å². The second-order valence-corrected chi connectivity index (χ2v) is 5.60. The normalized spacial score (nSPS) is 24.4. The number of ether oxygens (including phenoxy) is 1. The van der Waals surface area contributed by atoms with Crippen LogP contribution in [0.3, 0.4) is 0 Å². The number of carboxylic acids is 1. The molecule has 1 rings (SSSR count). The van der Waals surface area contributed by atoms with Crippen LogP contribution < -0.4 is 5.32 Å². The SMILES string of the molecule is CC(C)(C)OC(=O)NC[C@@H]1CC[C@@H](C(=O)O)C1. The summed E-state index contributed by atoms with van der Waals surface area (Å²) in [7, 11) is 0. The van der Waals surface area contributed by atoms with Crippen LogP contribution in [0, 0.1) is 11.8 Å². The minimum absolute atomic E-state index is 0.250. The summed E-state index contributed by atoms with van der Waals surface area (Å²) in [5, 5.41) is 11.5. The highest BCUT2D eigenvalue weighted by Gasteiger charge is 2.30. The van der Waals surface area contributed by atoms with E-state index in [4.69, 9.17) is 9.84 Å². The number of carbonyl (C=O) groups is 2. The van der Waals surface area contributed by atoms with Gasteiger partial charge in [-0.15, -0.1) is 0 Å². The fourth-order valence-corrected chi connectivity index (χ4v) is 2.03. The number of carbonyl (C=O) groups excluding carboxylic acids is 1. The largest absolute Gasteiger partial charge is 0.481 e. The summed E-state index contributed by atoms with van der Waals surface area (Å²) in [6.07, 6.45) is 1.77. The third-order valence-electron chi connectivity index (χ3n) is 2.82. The standard InChI is InChI=1S/C12H21NO4/c1-12(2,3)17-11(16)13-7-8-4-5-9(6-8)10(14)15/h8-9H,4-7H2,1-3H3,(H,13,16)(H,14,15)/t8-,9-/m1/s1. The summed E-state index contributed by atoms with van der Waals surface area (Å²) in [5.74, 6) is -0.728. The van der Waals surface area contributed by atoms with Gasteiger partial charge in [0, 0.05) is 6.54 Å². The van der Waals surface area contributed by atoms with Crippen LogP contribution in [0.2, 0.25) is 0 Å². The van der Waals surface area contributed by atoms with Crippen molar-refractivity contribution in [2.75, 3.05) is 6.54 Å². The van der Waals surface area contributed by atoms with Gasteiger partial charge in [-0.2, -0.15) is 0 Å². The Balaban J connectivity index is 2.24. The summed E-state index contributed by atoms with van der Waals surface area (Å²) >= 11 is 0. The lowest BCUT2D eigenvalue weighted by Gasteiger charge is -2.20. The molecule has 0 saturated heterocycles. The van der Waals surface area contributed by atoms with E-state index in [9.17, 15) is 9.59 Å². The van der Waals surface area contributed by atoms with Crippen LogP contribution >= 0.6 is 0 Å². The van der Waals surface area contributed by atoms with Crippen molar-refractivity contribution in [2.45, 2.75) is 45.6 Å². The molecule has 0 radical (unpaired) electrons. The third-order valence-corrected chi connectivity index (χ3v) is 2.82. The maximum atomic E-state index is 11.4. The highest BCUT2D eigenvalue weighted by atomic mass is 16.6. The van der Waals surface area contributed by atoms with E-state index in [1.165, 1.54) is 0 Å². The minimum atomic E-state index is -0.732. The molecule has 5 nitrogen and oxygen atoms in total. The average molecular weight is 243 g/mol. The van der Waals surface area contributed by atoms with Gasteiger partial charge in [0.1, 0.15) is 5.60 Å². The molecular formula is C12H21NO4. The van der Waals surface area contributed by atoms with Gasteiger partial charge in [-0.3, -0.25) is 4.79 Å². The number of hydrogen-bond donors (Lipinski definition) is 2. The third kappa shape index (κ3) is 5.06. The van der Waals surface area contributed by atoms with Gasteiger partial charge in [0.15, 0.2) is 0 Å². The Hall–Kier alpha value is -1.26. The number of carboxylic acid groups (broad SMARTS) is 1. The molecule has 1 fully saturated rings. The van der Waals surface area contributed by atoms with Crippen LogP contribution in [0.1, 0.15) is 40.0 Å². The summed E-state index contributed by atoms with van der Waals surface area (Å²) in [5.41, 5.74) is -0.497. The van der Waals surface area contributed by atoms with Crippen molar-refractivity contribution in [2.24, 2.45) is 11.8 Å². The molecule has 1 aliphatic carbocycles. The van der Waals surface area contributed by atoms with Gasteiger partial charge in [0.05, 0.1) is 5.92 Å². The Kier molecular flexibility index (Phi) is 4.37. The van der Waals surface area contributed by atoms with Crippen molar-refractivity contribution in [1.82, 2.24) is 5.32 Å². The first-order valence-corrected chi connectivity index (χ1v) is 5.97. The van der Waals surface area contributed by atoms with E-state index in [0.717, 1.165) is 6.42 Å². The Morgan fingerprint density at radius 1 is 1.35 bits per heavy atom. The zero-order chi connectivity index (χ0) is 13.1. The van der Waals surface area contributed by atoms with Gasteiger partial charge in [0.2, 0.25) is 0 Å². The first-order chi connectivity index (χ1) is 7.78.